The molecule has 2 rings (SSSR count). The van der Waals surface area contributed by atoms with E-state index in [4.69, 9.17) is 17.7 Å². The van der Waals surface area contributed by atoms with Gasteiger partial charge in [-0.25, -0.2) is 0 Å². The second-order valence-electron chi connectivity index (χ2n) is 4.16. The molecule has 2 heterocycles. The number of amides is 1. The lowest BCUT2D eigenvalue weighted by Crippen LogP contribution is -2.33. The summed E-state index contributed by atoms with van der Waals surface area (Å²) in [5.41, 5.74) is 0.808. The summed E-state index contributed by atoms with van der Waals surface area (Å²) in [6, 6.07) is 0. The molecule has 0 bridgehead atoms. The smallest absolute Gasteiger partial charge is 0.233 e. The number of ether oxygens (including phenoxy) is 1. The lowest BCUT2D eigenvalue weighted by Gasteiger charge is -2.21. The van der Waals surface area contributed by atoms with Crippen LogP contribution in [0.2, 0.25) is 0 Å². The van der Waals surface area contributed by atoms with Crippen LogP contribution in [-0.4, -0.2) is 53.9 Å². The number of aliphatic hydroxyl groups excluding tert-OH is 2. The van der Waals surface area contributed by atoms with Crippen molar-refractivity contribution in [3.8, 4) is 0 Å². The molecule has 0 saturated carbocycles. The highest BCUT2D eigenvalue weighted by Gasteiger charge is 2.39. The van der Waals surface area contributed by atoms with E-state index in [1.54, 1.807) is 12.3 Å². The van der Waals surface area contributed by atoms with E-state index in [0.717, 1.165) is 5.57 Å². The molecule has 0 aromatic heterocycles. The lowest BCUT2D eigenvalue weighted by molar-refractivity contribution is -0.138. The van der Waals surface area contributed by atoms with Gasteiger partial charge in [0.25, 0.3) is 0 Å². The van der Waals surface area contributed by atoms with Crippen LogP contribution in [0.25, 0.3) is 0 Å². The molecule has 1 saturated heterocycles. The largest absolute Gasteiger partial charge is 0.394 e. The topological polar surface area (TPSA) is 70.0 Å². The van der Waals surface area contributed by atoms with Crippen LogP contribution < -0.4 is 0 Å². The molecule has 0 aromatic carbocycles. The van der Waals surface area contributed by atoms with E-state index in [-0.39, 0.29) is 18.9 Å². The van der Waals surface area contributed by atoms with E-state index in [0.29, 0.717) is 6.42 Å². The molecule has 0 spiro atoms. The Hall–Kier alpha value is -1.11. The first-order valence-corrected chi connectivity index (χ1v) is 5.50. The summed E-state index contributed by atoms with van der Waals surface area (Å²) in [5, 5.41) is 18.6. The third-order valence-electron chi connectivity index (χ3n) is 2.95. The molecule has 3 atom stereocenters. The van der Waals surface area contributed by atoms with Crippen LogP contribution in [0.3, 0.4) is 0 Å². The van der Waals surface area contributed by atoms with Gasteiger partial charge in [-0.05, 0) is 5.57 Å². The zero-order valence-corrected chi connectivity index (χ0v) is 9.32. The van der Waals surface area contributed by atoms with Crippen LogP contribution in [0, 0.1) is 0 Å². The number of allylic oxidation sites excluding steroid dienone is 1. The van der Waals surface area contributed by atoms with Gasteiger partial charge >= 0.3 is 0 Å². The van der Waals surface area contributed by atoms with Gasteiger partial charge in [0.2, 0.25) is 5.91 Å². The number of rotatable bonds is 3. The van der Waals surface area contributed by atoms with E-state index in [1.807, 2.05) is 0 Å². The Bertz CT molecular complexity index is 368. The van der Waals surface area contributed by atoms with E-state index in [1.165, 1.54) is 10.9 Å². The number of carbonyl (C=O) groups is 1. The van der Waals surface area contributed by atoms with Gasteiger partial charge in [-0.15, -0.1) is 5.98 Å². The van der Waals surface area contributed by atoms with Crippen molar-refractivity contribution >= 4 is 13.8 Å². The molecule has 0 aliphatic carbocycles. The third-order valence-corrected chi connectivity index (χ3v) is 2.95. The molecule has 0 aromatic rings. The fraction of sp³-hybridized carbons (Fsp3) is 0.545. The molecule has 2 aliphatic rings. The second kappa shape index (κ2) is 5.04. The predicted octanol–water partition coefficient (Wildman–Crippen LogP) is -0.747. The zero-order valence-electron chi connectivity index (χ0n) is 9.32. The summed E-state index contributed by atoms with van der Waals surface area (Å²) in [4.78, 5) is 13.2. The first-order chi connectivity index (χ1) is 8.15. The summed E-state index contributed by atoms with van der Waals surface area (Å²) >= 11 is 0. The van der Waals surface area contributed by atoms with Crippen molar-refractivity contribution in [3.63, 3.8) is 0 Å². The van der Waals surface area contributed by atoms with Crippen molar-refractivity contribution < 1.29 is 19.7 Å². The second-order valence-corrected chi connectivity index (χ2v) is 4.16. The maximum atomic E-state index is 11.7. The number of hydrogen-bond acceptors (Lipinski definition) is 4. The third kappa shape index (κ3) is 2.43. The molecular formula is C11H14BNO4. The van der Waals surface area contributed by atoms with Crippen molar-refractivity contribution in [2.45, 2.75) is 31.3 Å². The van der Waals surface area contributed by atoms with Crippen LogP contribution in [0.15, 0.2) is 23.8 Å². The lowest BCUT2D eigenvalue weighted by atomic mass is 10.1. The first-order valence-electron chi connectivity index (χ1n) is 5.50. The van der Waals surface area contributed by atoms with E-state index >= 15 is 0 Å². The fourth-order valence-electron chi connectivity index (χ4n) is 2.08. The molecular weight excluding hydrogens is 221 g/mol. The highest BCUT2D eigenvalue weighted by Crippen LogP contribution is 2.28. The molecule has 2 N–H and O–H groups in total. The maximum Gasteiger partial charge on any atom is 0.233 e. The van der Waals surface area contributed by atoms with Crippen LogP contribution in [0.5, 0.6) is 0 Å². The molecule has 5 nitrogen and oxygen atoms in total. The Labute approximate surface area is 101 Å². The SMILES string of the molecule is [B]/C=C/C1=CN([C@H]2CC(O)[C@@H](CO)O2)C(=O)C1. The highest BCUT2D eigenvalue weighted by molar-refractivity contribution is 6.17. The average Bonchev–Trinajstić information content (AvgIpc) is 2.82. The molecule has 90 valence electrons. The number of nitrogens with zero attached hydrogens (tertiary/aromatic N) is 1. The molecule has 17 heavy (non-hydrogen) atoms. The minimum atomic E-state index is -0.736. The molecule has 6 heteroatoms. The van der Waals surface area contributed by atoms with Gasteiger partial charge in [0.1, 0.15) is 20.2 Å². The van der Waals surface area contributed by atoms with Crippen molar-refractivity contribution in [1.82, 2.24) is 4.90 Å². The normalized spacial score (nSPS) is 33.8. The quantitative estimate of drug-likeness (QED) is 0.631. The monoisotopic (exact) mass is 235 g/mol. The number of carbonyl (C=O) groups excluding carboxylic acids is 1. The molecule has 1 amide bonds. The zero-order chi connectivity index (χ0) is 12.4. The Morgan fingerprint density at radius 1 is 1.65 bits per heavy atom. The van der Waals surface area contributed by atoms with E-state index in [2.05, 4.69) is 0 Å². The van der Waals surface area contributed by atoms with Crippen LogP contribution >= 0.6 is 0 Å². The maximum absolute atomic E-state index is 11.7. The fourth-order valence-corrected chi connectivity index (χ4v) is 2.08. The molecule has 2 aliphatic heterocycles. The van der Waals surface area contributed by atoms with E-state index in [9.17, 15) is 9.90 Å². The van der Waals surface area contributed by atoms with Gasteiger partial charge in [0.15, 0.2) is 0 Å². The van der Waals surface area contributed by atoms with E-state index < -0.39 is 18.4 Å². The number of hydrogen-bond donors (Lipinski definition) is 2. The molecule has 1 unspecified atom stereocenters. The Balaban J connectivity index is 2.06. The summed E-state index contributed by atoms with van der Waals surface area (Å²) in [7, 11) is 5.26. The summed E-state index contributed by atoms with van der Waals surface area (Å²) in [6.45, 7) is -0.251. The van der Waals surface area contributed by atoms with Crippen LogP contribution in [-0.2, 0) is 9.53 Å². The van der Waals surface area contributed by atoms with Crippen molar-refractivity contribution in [3.05, 3.63) is 23.8 Å². The average molecular weight is 235 g/mol. The van der Waals surface area contributed by atoms with Crippen LogP contribution in [0.1, 0.15) is 12.8 Å². The van der Waals surface area contributed by atoms with Gasteiger partial charge < -0.3 is 14.9 Å². The predicted molar refractivity (Wildman–Crippen MR) is 60.8 cm³/mol. The minimum Gasteiger partial charge on any atom is -0.394 e. The number of aliphatic hydroxyl groups is 2. The van der Waals surface area contributed by atoms with Gasteiger partial charge in [0, 0.05) is 12.6 Å². The van der Waals surface area contributed by atoms with Crippen LogP contribution in [0.4, 0.5) is 0 Å². The van der Waals surface area contributed by atoms with Gasteiger partial charge in [0.05, 0.1) is 19.1 Å². The highest BCUT2D eigenvalue weighted by atomic mass is 16.5. The van der Waals surface area contributed by atoms with Crippen molar-refractivity contribution in [2.24, 2.45) is 0 Å². The summed E-state index contributed by atoms with van der Waals surface area (Å²) in [5.74, 6) is 1.29. The Morgan fingerprint density at radius 3 is 3.00 bits per heavy atom. The standard InChI is InChI=1S/C11H14BNO4/c12-2-1-7-3-10(16)13(5-7)11-4-8(15)9(6-14)17-11/h1-2,5,8-9,11,14-15H,3-4,6H2/b2-1+/t8?,9-,11-/m1/s1. The Kier molecular flexibility index (Phi) is 3.66. The van der Waals surface area contributed by atoms with Gasteiger partial charge in [-0.2, -0.15) is 0 Å². The molecule has 1 fully saturated rings. The Morgan fingerprint density at radius 2 is 2.41 bits per heavy atom. The first kappa shape index (κ1) is 12.4. The summed E-state index contributed by atoms with van der Waals surface area (Å²) in [6.07, 6.45) is 2.07. The summed E-state index contributed by atoms with van der Waals surface area (Å²) < 4.78 is 5.41. The van der Waals surface area contributed by atoms with Gasteiger partial charge in [-0.3, -0.25) is 9.69 Å². The van der Waals surface area contributed by atoms with Crippen molar-refractivity contribution in [1.29, 1.82) is 0 Å². The minimum absolute atomic E-state index is 0.0890. The molecule has 2 radical (unpaired) electrons. The van der Waals surface area contributed by atoms with Crippen molar-refractivity contribution in [2.75, 3.05) is 6.61 Å². The van der Waals surface area contributed by atoms with Gasteiger partial charge in [-0.1, -0.05) is 6.08 Å².